The summed E-state index contributed by atoms with van der Waals surface area (Å²) in [4.78, 5) is 25.1. The van der Waals surface area contributed by atoms with Gasteiger partial charge in [-0.25, -0.2) is 4.39 Å². The molecule has 4 rings (SSSR count). The number of hydrogen-bond acceptors (Lipinski definition) is 4. The Labute approximate surface area is 192 Å². The van der Waals surface area contributed by atoms with Gasteiger partial charge < -0.3 is 15.2 Å². The van der Waals surface area contributed by atoms with Crippen molar-refractivity contribution in [3.63, 3.8) is 0 Å². The van der Waals surface area contributed by atoms with E-state index in [0.717, 1.165) is 38.1 Å². The average Bonchev–Trinajstić information content (AvgIpc) is 3.02. The predicted molar refractivity (Wildman–Crippen MR) is 125 cm³/mol. The predicted octanol–water partition coefficient (Wildman–Crippen LogP) is 5.05. The molecule has 0 unspecified atom stereocenters. The van der Waals surface area contributed by atoms with Gasteiger partial charge in [0.15, 0.2) is 5.82 Å². The van der Waals surface area contributed by atoms with Crippen molar-refractivity contribution in [1.82, 2.24) is 14.8 Å². The lowest BCUT2D eigenvalue weighted by atomic mass is 9.95. The molecule has 0 radical (unpaired) electrons. The van der Waals surface area contributed by atoms with Crippen LogP contribution in [0.15, 0.2) is 42.5 Å². The Hall–Kier alpha value is -3.55. The molecule has 0 aliphatic carbocycles. The molecule has 2 N–H and O–H groups in total. The smallest absolute Gasteiger partial charge is 0.255 e. The van der Waals surface area contributed by atoms with E-state index < -0.39 is 11.2 Å². The Morgan fingerprint density at radius 3 is 2.55 bits per heavy atom. The number of hydrogen-bond donors (Lipinski definition) is 2. The largest absolute Gasteiger partial charge is 0.326 e. The number of carbonyl (C=O) groups is 2. The number of amides is 2. The van der Waals surface area contributed by atoms with Gasteiger partial charge in [0.1, 0.15) is 11.6 Å². The van der Waals surface area contributed by atoms with E-state index in [9.17, 15) is 14.0 Å². The molecule has 1 aliphatic heterocycles. The van der Waals surface area contributed by atoms with Crippen LogP contribution in [0.3, 0.4) is 0 Å². The normalized spacial score (nSPS) is 13.7. The van der Waals surface area contributed by atoms with Gasteiger partial charge in [-0.2, -0.15) is 0 Å². The van der Waals surface area contributed by atoms with Crippen LogP contribution in [0, 0.1) is 11.2 Å². The van der Waals surface area contributed by atoms with E-state index in [1.165, 1.54) is 12.1 Å². The number of benzene rings is 2. The highest BCUT2D eigenvalue weighted by Gasteiger charge is 2.22. The van der Waals surface area contributed by atoms with E-state index in [1.54, 1.807) is 30.3 Å². The number of aromatic nitrogens is 3. The Morgan fingerprint density at radius 1 is 0.970 bits per heavy atom. The van der Waals surface area contributed by atoms with Crippen molar-refractivity contribution >= 4 is 23.2 Å². The van der Waals surface area contributed by atoms with E-state index in [4.69, 9.17) is 0 Å². The Balaban J connectivity index is 1.55. The van der Waals surface area contributed by atoms with Crippen LogP contribution in [-0.2, 0) is 17.8 Å². The summed E-state index contributed by atoms with van der Waals surface area (Å²) in [5.41, 5.74) is 1.12. The summed E-state index contributed by atoms with van der Waals surface area (Å²) in [6, 6.07) is 11.1. The molecule has 0 fully saturated rings. The number of halogens is 1. The number of rotatable bonds is 4. The molecule has 2 heterocycles. The van der Waals surface area contributed by atoms with Crippen molar-refractivity contribution < 1.29 is 14.0 Å². The summed E-state index contributed by atoms with van der Waals surface area (Å²) >= 11 is 0. The molecule has 172 valence electrons. The summed E-state index contributed by atoms with van der Waals surface area (Å²) < 4.78 is 16.7. The van der Waals surface area contributed by atoms with Crippen LogP contribution in [-0.4, -0.2) is 26.6 Å². The molecule has 0 atom stereocenters. The first kappa shape index (κ1) is 22.6. The number of aryl methyl sites for hydroxylation is 1. The number of nitrogens with zero attached hydrogens (tertiary/aromatic N) is 3. The lowest BCUT2D eigenvalue weighted by molar-refractivity contribution is -0.123. The molecule has 33 heavy (non-hydrogen) atoms. The fourth-order valence-electron chi connectivity index (χ4n) is 3.72. The molecule has 1 aliphatic rings. The third-order valence-corrected chi connectivity index (χ3v) is 5.64. The molecule has 0 spiro atoms. The summed E-state index contributed by atoms with van der Waals surface area (Å²) in [7, 11) is 0. The van der Waals surface area contributed by atoms with Crippen LogP contribution in [0.5, 0.6) is 0 Å². The minimum atomic E-state index is -0.553. The average molecular weight is 450 g/mol. The second kappa shape index (κ2) is 9.13. The van der Waals surface area contributed by atoms with Crippen molar-refractivity contribution in [1.29, 1.82) is 0 Å². The minimum Gasteiger partial charge on any atom is -0.326 e. The van der Waals surface area contributed by atoms with E-state index in [0.29, 0.717) is 28.3 Å². The first-order chi connectivity index (χ1) is 15.7. The van der Waals surface area contributed by atoms with Crippen molar-refractivity contribution in [2.45, 2.75) is 53.0 Å². The van der Waals surface area contributed by atoms with Crippen LogP contribution in [0.2, 0.25) is 0 Å². The number of carbonyl (C=O) groups excluding carboxylic acids is 2. The van der Waals surface area contributed by atoms with Gasteiger partial charge in [0.25, 0.3) is 5.91 Å². The molecule has 0 saturated heterocycles. The highest BCUT2D eigenvalue weighted by Crippen LogP contribution is 2.28. The zero-order chi connectivity index (χ0) is 23.6. The fraction of sp³-hybridized carbons (Fsp3) is 0.360. The first-order valence-corrected chi connectivity index (χ1v) is 11.2. The van der Waals surface area contributed by atoms with Crippen molar-refractivity contribution in [2.75, 3.05) is 10.6 Å². The second-order valence-corrected chi connectivity index (χ2v) is 9.34. The lowest BCUT2D eigenvalue weighted by Crippen LogP contribution is -2.27. The topological polar surface area (TPSA) is 88.9 Å². The maximum absolute atomic E-state index is 14.7. The van der Waals surface area contributed by atoms with Crippen molar-refractivity contribution in [3.8, 4) is 11.4 Å². The first-order valence-electron chi connectivity index (χ1n) is 11.2. The zero-order valence-electron chi connectivity index (χ0n) is 19.1. The second-order valence-electron chi connectivity index (χ2n) is 9.34. The maximum atomic E-state index is 14.7. The van der Waals surface area contributed by atoms with E-state index in [2.05, 4.69) is 20.8 Å². The Morgan fingerprint density at radius 2 is 1.76 bits per heavy atom. The molecule has 2 aromatic carbocycles. The number of anilines is 2. The maximum Gasteiger partial charge on any atom is 0.255 e. The zero-order valence-corrected chi connectivity index (χ0v) is 19.1. The van der Waals surface area contributed by atoms with E-state index in [-0.39, 0.29) is 11.8 Å². The van der Waals surface area contributed by atoms with Gasteiger partial charge >= 0.3 is 0 Å². The Bertz CT molecular complexity index is 1200. The van der Waals surface area contributed by atoms with Gasteiger partial charge in [-0.3, -0.25) is 9.59 Å². The van der Waals surface area contributed by atoms with Gasteiger partial charge in [-0.15, -0.1) is 10.2 Å². The van der Waals surface area contributed by atoms with Crippen LogP contribution >= 0.6 is 0 Å². The van der Waals surface area contributed by atoms with Gasteiger partial charge in [0.05, 0.1) is 5.56 Å². The summed E-state index contributed by atoms with van der Waals surface area (Å²) in [6.07, 6.45) is 3.98. The highest BCUT2D eigenvalue weighted by molar-refractivity contribution is 6.05. The molecule has 1 aromatic heterocycles. The van der Waals surface area contributed by atoms with Crippen LogP contribution in [0.4, 0.5) is 15.8 Å². The van der Waals surface area contributed by atoms with Crippen LogP contribution in [0.25, 0.3) is 11.4 Å². The molecular formula is C25H28FN5O2. The SMILES string of the molecule is CC(C)(C)C(=O)Nc1cccc(C(=O)Nc2ccc(F)c(-c3nnc4n3CCCCC4)c2)c1. The number of nitrogens with one attached hydrogen (secondary N) is 2. The molecule has 0 saturated carbocycles. The van der Waals surface area contributed by atoms with E-state index >= 15 is 0 Å². The number of fused-ring (bicyclic) bond motifs is 1. The molecule has 7 nitrogen and oxygen atoms in total. The summed E-state index contributed by atoms with van der Waals surface area (Å²) in [5.74, 6) is 0.423. The van der Waals surface area contributed by atoms with Gasteiger partial charge in [0, 0.05) is 35.3 Å². The van der Waals surface area contributed by atoms with E-state index in [1.807, 2.05) is 25.3 Å². The van der Waals surface area contributed by atoms with Crippen molar-refractivity contribution in [2.24, 2.45) is 5.41 Å². The molecular weight excluding hydrogens is 421 g/mol. The Kier molecular flexibility index (Phi) is 6.26. The molecule has 2 amide bonds. The molecule has 3 aromatic rings. The van der Waals surface area contributed by atoms with Gasteiger partial charge in [-0.1, -0.05) is 33.3 Å². The minimum absolute atomic E-state index is 0.143. The molecule has 8 heteroatoms. The summed E-state index contributed by atoms with van der Waals surface area (Å²) in [6.45, 7) is 6.21. The molecule has 0 bridgehead atoms. The van der Waals surface area contributed by atoms with Crippen LogP contribution < -0.4 is 10.6 Å². The van der Waals surface area contributed by atoms with Crippen LogP contribution in [0.1, 0.15) is 56.2 Å². The fourth-order valence-corrected chi connectivity index (χ4v) is 3.72. The third kappa shape index (κ3) is 5.10. The quantitative estimate of drug-likeness (QED) is 0.584. The van der Waals surface area contributed by atoms with Gasteiger partial charge in [0.2, 0.25) is 5.91 Å². The standard InChI is InChI=1S/C25H28FN5O2/c1-25(2,3)24(33)28-17-9-7-8-16(14-17)23(32)27-18-11-12-20(26)19(15-18)22-30-29-21-10-5-4-6-13-31(21)22/h7-9,11-12,14-15H,4-6,10,13H2,1-3H3,(H,27,32)(H,28,33). The summed E-state index contributed by atoms with van der Waals surface area (Å²) in [5, 5.41) is 14.1. The highest BCUT2D eigenvalue weighted by atomic mass is 19.1. The monoisotopic (exact) mass is 449 g/mol. The third-order valence-electron chi connectivity index (χ3n) is 5.64. The lowest BCUT2D eigenvalue weighted by Gasteiger charge is -2.18. The van der Waals surface area contributed by atoms with Crippen molar-refractivity contribution in [3.05, 3.63) is 59.7 Å². The van der Waals surface area contributed by atoms with Gasteiger partial charge in [-0.05, 0) is 49.2 Å².